The van der Waals surface area contributed by atoms with Gasteiger partial charge < -0.3 is 16.3 Å². The number of halogens is 1. The summed E-state index contributed by atoms with van der Waals surface area (Å²) in [6, 6.07) is 4.48. The maximum atomic E-state index is 13.8. The second-order valence-electron chi connectivity index (χ2n) is 3.86. The van der Waals surface area contributed by atoms with E-state index < -0.39 is 0 Å². The Morgan fingerprint density at radius 3 is 2.95 bits per heavy atom. The summed E-state index contributed by atoms with van der Waals surface area (Å²) in [5, 5.41) is 14.5. The molecular formula is C12H13FN4OS. The fourth-order valence-corrected chi connectivity index (χ4v) is 2.12. The molecule has 0 aliphatic rings. The molecule has 1 aromatic heterocycles. The van der Waals surface area contributed by atoms with Gasteiger partial charge in [-0.05, 0) is 6.07 Å². The molecule has 0 bridgehead atoms. The Balaban J connectivity index is 1.97. The smallest absolute Gasteiger partial charge is 0.170 e. The molecule has 100 valence electrons. The normalized spacial score (nSPS) is 11.7. The van der Waals surface area contributed by atoms with Crippen LogP contribution in [0.3, 0.4) is 0 Å². The first-order valence-electron chi connectivity index (χ1n) is 5.55. The SMILES string of the molecule is N/C(=N/O)c1ccc(CNCc2cncs2)c(F)c1. The third-order valence-corrected chi connectivity index (χ3v) is 3.33. The average Bonchev–Trinajstić information content (AvgIpc) is 2.93. The maximum absolute atomic E-state index is 13.8. The van der Waals surface area contributed by atoms with E-state index in [1.54, 1.807) is 35.2 Å². The van der Waals surface area contributed by atoms with Crippen LogP contribution in [0.5, 0.6) is 0 Å². The molecule has 0 saturated heterocycles. The zero-order chi connectivity index (χ0) is 13.7. The lowest BCUT2D eigenvalue weighted by atomic mass is 10.1. The summed E-state index contributed by atoms with van der Waals surface area (Å²) in [6.45, 7) is 1.05. The van der Waals surface area contributed by atoms with Gasteiger partial charge in [0.05, 0.1) is 5.51 Å². The number of thiazole rings is 1. The van der Waals surface area contributed by atoms with Crippen LogP contribution in [0.4, 0.5) is 4.39 Å². The molecular weight excluding hydrogens is 267 g/mol. The van der Waals surface area contributed by atoms with E-state index in [2.05, 4.69) is 15.5 Å². The molecule has 2 rings (SSSR count). The maximum Gasteiger partial charge on any atom is 0.170 e. The number of benzene rings is 1. The van der Waals surface area contributed by atoms with Crippen LogP contribution in [-0.4, -0.2) is 16.0 Å². The van der Waals surface area contributed by atoms with Gasteiger partial charge in [0, 0.05) is 35.3 Å². The second kappa shape index (κ2) is 6.26. The van der Waals surface area contributed by atoms with E-state index >= 15 is 0 Å². The van der Waals surface area contributed by atoms with E-state index in [0.29, 0.717) is 24.2 Å². The topological polar surface area (TPSA) is 83.5 Å². The van der Waals surface area contributed by atoms with Gasteiger partial charge in [0.1, 0.15) is 5.82 Å². The van der Waals surface area contributed by atoms with Crippen LogP contribution in [0, 0.1) is 5.82 Å². The van der Waals surface area contributed by atoms with Crippen LogP contribution < -0.4 is 11.1 Å². The molecule has 0 fully saturated rings. The predicted molar refractivity (Wildman–Crippen MR) is 71.6 cm³/mol. The molecule has 0 saturated carbocycles. The van der Waals surface area contributed by atoms with Crippen LogP contribution >= 0.6 is 11.3 Å². The fourth-order valence-electron chi connectivity index (χ4n) is 1.56. The molecule has 0 unspecified atom stereocenters. The number of aromatic nitrogens is 1. The molecule has 5 nitrogen and oxygen atoms in total. The van der Waals surface area contributed by atoms with E-state index in [0.717, 1.165) is 4.88 Å². The summed E-state index contributed by atoms with van der Waals surface area (Å²) in [5.41, 5.74) is 8.02. The average molecular weight is 280 g/mol. The lowest BCUT2D eigenvalue weighted by molar-refractivity contribution is 0.318. The van der Waals surface area contributed by atoms with E-state index in [9.17, 15) is 4.39 Å². The van der Waals surface area contributed by atoms with Crippen molar-refractivity contribution >= 4 is 17.2 Å². The van der Waals surface area contributed by atoms with Crippen LogP contribution in [0.25, 0.3) is 0 Å². The molecule has 1 heterocycles. The number of nitrogens with two attached hydrogens (primary N) is 1. The van der Waals surface area contributed by atoms with E-state index in [1.807, 2.05) is 0 Å². The van der Waals surface area contributed by atoms with E-state index in [1.165, 1.54) is 6.07 Å². The zero-order valence-corrected chi connectivity index (χ0v) is 10.8. The summed E-state index contributed by atoms with van der Waals surface area (Å²) >= 11 is 1.54. The van der Waals surface area contributed by atoms with Crippen molar-refractivity contribution in [2.24, 2.45) is 10.9 Å². The van der Waals surface area contributed by atoms with Gasteiger partial charge in [0.15, 0.2) is 5.84 Å². The number of nitrogens with one attached hydrogen (secondary N) is 1. The zero-order valence-electron chi connectivity index (χ0n) is 10.0. The monoisotopic (exact) mass is 280 g/mol. The van der Waals surface area contributed by atoms with Crippen molar-refractivity contribution in [1.29, 1.82) is 0 Å². The Bertz CT molecular complexity index is 571. The number of hydrogen-bond donors (Lipinski definition) is 3. The molecule has 7 heteroatoms. The Kier molecular flexibility index (Phi) is 4.43. The van der Waals surface area contributed by atoms with Gasteiger partial charge in [-0.1, -0.05) is 17.3 Å². The van der Waals surface area contributed by atoms with Gasteiger partial charge in [-0.15, -0.1) is 11.3 Å². The largest absolute Gasteiger partial charge is 0.409 e. The Morgan fingerprint density at radius 1 is 1.47 bits per heavy atom. The van der Waals surface area contributed by atoms with Crippen molar-refractivity contribution < 1.29 is 9.60 Å². The van der Waals surface area contributed by atoms with Gasteiger partial charge in [-0.2, -0.15) is 0 Å². The van der Waals surface area contributed by atoms with Crippen LogP contribution in [0.1, 0.15) is 16.0 Å². The van der Waals surface area contributed by atoms with Gasteiger partial charge in [0.2, 0.25) is 0 Å². The molecule has 0 spiro atoms. The van der Waals surface area contributed by atoms with Crippen molar-refractivity contribution in [3.05, 3.63) is 51.7 Å². The Hall–Kier alpha value is -1.99. The van der Waals surface area contributed by atoms with Gasteiger partial charge in [-0.3, -0.25) is 4.98 Å². The Labute approximate surface area is 113 Å². The minimum absolute atomic E-state index is 0.108. The summed E-state index contributed by atoms with van der Waals surface area (Å²) in [5.74, 6) is -0.496. The lowest BCUT2D eigenvalue weighted by Gasteiger charge is -2.06. The first-order valence-corrected chi connectivity index (χ1v) is 6.43. The minimum atomic E-state index is -0.388. The van der Waals surface area contributed by atoms with Crippen molar-refractivity contribution in [2.75, 3.05) is 0 Å². The van der Waals surface area contributed by atoms with Gasteiger partial charge >= 0.3 is 0 Å². The van der Waals surface area contributed by atoms with Crippen molar-refractivity contribution in [1.82, 2.24) is 10.3 Å². The molecule has 19 heavy (non-hydrogen) atoms. The number of hydrogen-bond acceptors (Lipinski definition) is 5. The molecule has 0 aliphatic carbocycles. The number of nitrogens with zero attached hydrogens (tertiary/aromatic N) is 2. The van der Waals surface area contributed by atoms with E-state index in [-0.39, 0.29) is 11.7 Å². The van der Waals surface area contributed by atoms with Crippen molar-refractivity contribution in [2.45, 2.75) is 13.1 Å². The number of rotatable bonds is 5. The summed E-state index contributed by atoms with van der Waals surface area (Å²) in [4.78, 5) is 5.05. The van der Waals surface area contributed by atoms with Crippen LogP contribution in [0.15, 0.2) is 35.1 Å². The highest BCUT2D eigenvalue weighted by atomic mass is 32.1. The third kappa shape index (κ3) is 3.49. The Morgan fingerprint density at radius 2 is 2.32 bits per heavy atom. The minimum Gasteiger partial charge on any atom is -0.409 e. The summed E-state index contributed by atoms with van der Waals surface area (Å²) in [7, 11) is 0. The van der Waals surface area contributed by atoms with Crippen molar-refractivity contribution in [3.63, 3.8) is 0 Å². The molecule has 2 aromatic rings. The number of amidine groups is 1. The quantitative estimate of drug-likeness (QED) is 0.337. The highest BCUT2D eigenvalue weighted by molar-refractivity contribution is 7.09. The van der Waals surface area contributed by atoms with Crippen LogP contribution in [-0.2, 0) is 13.1 Å². The molecule has 0 aliphatic heterocycles. The predicted octanol–water partition coefficient (Wildman–Crippen LogP) is 1.67. The van der Waals surface area contributed by atoms with Gasteiger partial charge in [0.25, 0.3) is 0 Å². The standard InChI is InChI=1S/C12H13FN4OS/c13-11-3-8(12(14)17-18)1-2-9(11)4-15-5-10-6-16-7-19-10/h1-3,6-7,15,18H,4-5H2,(H2,14,17). The highest BCUT2D eigenvalue weighted by Gasteiger charge is 2.06. The molecule has 4 N–H and O–H groups in total. The number of oxime groups is 1. The molecule has 0 amide bonds. The molecule has 0 radical (unpaired) electrons. The first kappa shape index (κ1) is 13.4. The van der Waals surface area contributed by atoms with Gasteiger partial charge in [-0.25, -0.2) is 4.39 Å². The highest BCUT2D eigenvalue weighted by Crippen LogP contribution is 2.11. The first-order chi connectivity index (χ1) is 9.20. The summed E-state index contributed by atoms with van der Waals surface area (Å²) in [6.07, 6.45) is 1.77. The van der Waals surface area contributed by atoms with Crippen molar-refractivity contribution in [3.8, 4) is 0 Å². The fraction of sp³-hybridized carbons (Fsp3) is 0.167. The summed E-state index contributed by atoms with van der Waals surface area (Å²) < 4.78 is 13.8. The van der Waals surface area contributed by atoms with Crippen LogP contribution in [0.2, 0.25) is 0 Å². The second-order valence-corrected chi connectivity index (χ2v) is 4.83. The molecule has 1 aromatic carbocycles. The lowest BCUT2D eigenvalue weighted by Crippen LogP contribution is -2.16. The third-order valence-electron chi connectivity index (χ3n) is 2.55. The van der Waals surface area contributed by atoms with E-state index in [4.69, 9.17) is 10.9 Å². The molecule has 0 atom stereocenters.